The number of anilines is 1. The van der Waals surface area contributed by atoms with Gasteiger partial charge in [-0.25, -0.2) is 18.1 Å². The number of sulfone groups is 1. The van der Waals surface area contributed by atoms with Crippen molar-refractivity contribution in [3.05, 3.63) is 51.8 Å². The van der Waals surface area contributed by atoms with E-state index in [0.717, 1.165) is 24.1 Å². The van der Waals surface area contributed by atoms with Gasteiger partial charge >= 0.3 is 0 Å². The van der Waals surface area contributed by atoms with Crippen LogP contribution in [-0.2, 0) is 9.84 Å². The van der Waals surface area contributed by atoms with Gasteiger partial charge in [0.1, 0.15) is 0 Å². The molecule has 2 aromatic heterocycles. The standard InChI is InChI=1S/C22H23ClN4O3S/c1-12-9-15(23)5-6-18(12)25-22(28)17-10-19(14-3-4-14)24-21-20(17)13(2)26-27(21)16-7-8-31(29,30)11-16/h5-6,9-10,14,16H,3-4,7-8,11H2,1-2H3,(H,25,28)/t16-/m1/s1. The second-order valence-electron chi connectivity index (χ2n) is 8.57. The van der Waals surface area contributed by atoms with E-state index in [9.17, 15) is 13.2 Å². The summed E-state index contributed by atoms with van der Waals surface area (Å²) in [5.41, 5.74) is 4.23. The molecule has 162 valence electrons. The van der Waals surface area contributed by atoms with Crippen LogP contribution in [0.25, 0.3) is 11.0 Å². The first-order chi connectivity index (χ1) is 14.7. The molecule has 3 heterocycles. The van der Waals surface area contributed by atoms with Crippen LogP contribution in [0.1, 0.15) is 58.5 Å². The predicted octanol–water partition coefficient (Wildman–Crippen LogP) is 4.19. The van der Waals surface area contributed by atoms with E-state index >= 15 is 0 Å². The number of aryl methyl sites for hydroxylation is 2. The van der Waals surface area contributed by atoms with E-state index in [2.05, 4.69) is 10.4 Å². The lowest BCUT2D eigenvalue weighted by Gasteiger charge is -2.13. The minimum Gasteiger partial charge on any atom is -0.322 e. The van der Waals surface area contributed by atoms with Crippen molar-refractivity contribution in [2.24, 2.45) is 0 Å². The van der Waals surface area contributed by atoms with Crippen LogP contribution in [0.15, 0.2) is 24.3 Å². The number of hydrogen-bond donors (Lipinski definition) is 1. The molecule has 0 radical (unpaired) electrons. The third-order valence-electron chi connectivity index (χ3n) is 6.09. The lowest BCUT2D eigenvalue weighted by Crippen LogP contribution is -2.16. The molecular formula is C22H23ClN4O3S. The van der Waals surface area contributed by atoms with Crippen molar-refractivity contribution in [3.8, 4) is 0 Å². The first-order valence-corrected chi connectivity index (χ1v) is 12.6. The van der Waals surface area contributed by atoms with Crippen molar-refractivity contribution in [2.75, 3.05) is 16.8 Å². The van der Waals surface area contributed by atoms with Gasteiger partial charge in [0.2, 0.25) is 0 Å². The highest BCUT2D eigenvalue weighted by Gasteiger charge is 2.34. The Labute approximate surface area is 185 Å². The molecule has 1 saturated heterocycles. The van der Waals surface area contributed by atoms with Crippen molar-refractivity contribution in [2.45, 2.75) is 45.1 Å². The molecule has 0 spiro atoms. The molecular weight excluding hydrogens is 436 g/mol. The van der Waals surface area contributed by atoms with Crippen molar-refractivity contribution in [1.82, 2.24) is 14.8 Å². The van der Waals surface area contributed by atoms with E-state index in [-0.39, 0.29) is 23.5 Å². The normalized spacial score (nSPS) is 20.3. The maximum absolute atomic E-state index is 13.3. The number of pyridine rings is 1. The highest BCUT2D eigenvalue weighted by atomic mass is 35.5. The van der Waals surface area contributed by atoms with Crippen LogP contribution in [0.3, 0.4) is 0 Å². The van der Waals surface area contributed by atoms with Gasteiger partial charge in [0.05, 0.1) is 34.2 Å². The minimum absolute atomic E-state index is 0.0596. The van der Waals surface area contributed by atoms with Crippen molar-refractivity contribution in [3.63, 3.8) is 0 Å². The number of hydrogen-bond acceptors (Lipinski definition) is 5. The Balaban J connectivity index is 1.61. The smallest absolute Gasteiger partial charge is 0.256 e. The molecule has 3 aromatic rings. The van der Waals surface area contributed by atoms with E-state index < -0.39 is 9.84 Å². The molecule has 0 unspecified atom stereocenters. The van der Waals surface area contributed by atoms with Gasteiger partial charge < -0.3 is 5.32 Å². The Morgan fingerprint density at radius 3 is 2.61 bits per heavy atom. The number of rotatable bonds is 4. The zero-order valence-electron chi connectivity index (χ0n) is 17.4. The zero-order chi connectivity index (χ0) is 21.9. The number of halogens is 1. The molecule has 9 heteroatoms. The van der Waals surface area contributed by atoms with Gasteiger partial charge in [-0.1, -0.05) is 11.6 Å². The molecule has 1 aliphatic carbocycles. The van der Waals surface area contributed by atoms with Crippen LogP contribution < -0.4 is 5.32 Å². The molecule has 31 heavy (non-hydrogen) atoms. The van der Waals surface area contributed by atoms with Crippen LogP contribution in [0, 0.1) is 13.8 Å². The summed E-state index contributed by atoms with van der Waals surface area (Å²) in [5, 5.41) is 8.91. The molecule has 7 nitrogen and oxygen atoms in total. The molecule has 1 aromatic carbocycles. The Kier molecular flexibility index (Phi) is 4.82. The zero-order valence-corrected chi connectivity index (χ0v) is 18.9. The van der Waals surface area contributed by atoms with E-state index in [1.807, 2.05) is 19.9 Å². The number of nitrogens with zero attached hydrogens (tertiary/aromatic N) is 3. The molecule has 1 atom stereocenters. The molecule has 1 saturated carbocycles. The molecule has 1 aliphatic heterocycles. The van der Waals surface area contributed by atoms with Crippen molar-refractivity contribution in [1.29, 1.82) is 0 Å². The number of amides is 1. The lowest BCUT2D eigenvalue weighted by atomic mass is 10.1. The van der Waals surface area contributed by atoms with E-state index in [1.54, 1.807) is 22.9 Å². The molecule has 5 rings (SSSR count). The van der Waals surface area contributed by atoms with Crippen LogP contribution in [0.5, 0.6) is 0 Å². The predicted molar refractivity (Wildman–Crippen MR) is 121 cm³/mol. The third kappa shape index (κ3) is 3.83. The SMILES string of the molecule is Cc1cc(Cl)ccc1NC(=O)c1cc(C2CC2)nc2c1c(C)nn2[C@@H]1CCS(=O)(=O)C1. The van der Waals surface area contributed by atoms with Crippen LogP contribution in [0.4, 0.5) is 5.69 Å². The second kappa shape index (κ2) is 7.31. The summed E-state index contributed by atoms with van der Waals surface area (Å²) in [6, 6.07) is 6.95. The highest BCUT2D eigenvalue weighted by molar-refractivity contribution is 7.91. The molecule has 1 N–H and O–H groups in total. The van der Waals surface area contributed by atoms with Gasteiger partial charge in [-0.3, -0.25) is 4.79 Å². The summed E-state index contributed by atoms with van der Waals surface area (Å²) < 4.78 is 25.8. The summed E-state index contributed by atoms with van der Waals surface area (Å²) in [6.45, 7) is 3.73. The van der Waals surface area contributed by atoms with Gasteiger partial charge in [-0.05, 0) is 62.9 Å². The summed E-state index contributed by atoms with van der Waals surface area (Å²) in [7, 11) is -3.07. The van der Waals surface area contributed by atoms with Gasteiger partial charge in [0, 0.05) is 22.3 Å². The molecule has 2 aliphatic rings. The fraction of sp³-hybridized carbons (Fsp3) is 0.409. The van der Waals surface area contributed by atoms with E-state index in [1.165, 1.54) is 0 Å². The molecule has 1 amide bonds. The minimum atomic E-state index is -3.07. The number of carbonyl (C=O) groups excluding carboxylic acids is 1. The first-order valence-electron chi connectivity index (χ1n) is 10.4. The topological polar surface area (TPSA) is 93.9 Å². The van der Waals surface area contributed by atoms with Gasteiger partial charge in [0.25, 0.3) is 5.91 Å². The number of benzene rings is 1. The Hall–Kier alpha value is -2.45. The monoisotopic (exact) mass is 458 g/mol. The highest BCUT2D eigenvalue weighted by Crippen LogP contribution is 2.41. The Morgan fingerprint density at radius 2 is 1.97 bits per heavy atom. The largest absolute Gasteiger partial charge is 0.322 e. The lowest BCUT2D eigenvalue weighted by molar-refractivity contribution is 0.102. The summed E-state index contributed by atoms with van der Waals surface area (Å²) in [6.07, 6.45) is 2.60. The third-order valence-corrected chi connectivity index (χ3v) is 8.07. The Morgan fingerprint density at radius 1 is 1.19 bits per heavy atom. The van der Waals surface area contributed by atoms with Crippen LogP contribution in [-0.4, -0.2) is 40.6 Å². The van der Waals surface area contributed by atoms with Gasteiger partial charge in [-0.2, -0.15) is 5.10 Å². The summed E-state index contributed by atoms with van der Waals surface area (Å²) >= 11 is 6.04. The van der Waals surface area contributed by atoms with Crippen LogP contribution >= 0.6 is 11.6 Å². The maximum atomic E-state index is 13.3. The van der Waals surface area contributed by atoms with Gasteiger partial charge in [-0.15, -0.1) is 0 Å². The number of nitrogens with one attached hydrogen (secondary N) is 1. The van der Waals surface area contributed by atoms with Crippen LogP contribution in [0.2, 0.25) is 5.02 Å². The summed E-state index contributed by atoms with van der Waals surface area (Å²) in [5.74, 6) is 0.318. The first kappa shape index (κ1) is 20.5. The fourth-order valence-electron chi connectivity index (χ4n) is 4.28. The average Bonchev–Trinajstić information content (AvgIpc) is 3.43. The average molecular weight is 459 g/mol. The molecule has 2 fully saturated rings. The fourth-order valence-corrected chi connectivity index (χ4v) is 6.20. The number of carbonyl (C=O) groups is 1. The quantitative estimate of drug-likeness (QED) is 0.632. The number of aromatic nitrogens is 3. The maximum Gasteiger partial charge on any atom is 0.256 e. The van der Waals surface area contributed by atoms with E-state index in [0.29, 0.717) is 45.3 Å². The van der Waals surface area contributed by atoms with E-state index in [4.69, 9.17) is 16.6 Å². The summed E-state index contributed by atoms with van der Waals surface area (Å²) in [4.78, 5) is 18.2. The van der Waals surface area contributed by atoms with Crippen molar-refractivity contribution < 1.29 is 13.2 Å². The number of fused-ring (bicyclic) bond motifs is 1. The van der Waals surface area contributed by atoms with Gasteiger partial charge in [0.15, 0.2) is 15.5 Å². The second-order valence-corrected chi connectivity index (χ2v) is 11.2. The van der Waals surface area contributed by atoms with Crippen molar-refractivity contribution >= 4 is 44.1 Å². The Bertz CT molecular complexity index is 1330. The molecule has 0 bridgehead atoms.